The first-order valence-electron chi connectivity index (χ1n) is 34.3. The number of carbonyl (C=O) groups excluding carboxylic acids is 3. The first-order valence-corrected chi connectivity index (χ1v) is 34.3. The minimum absolute atomic E-state index is 0.0721. The van der Waals surface area contributed by atoms with E-state index in [1.54, 1.807) is 0 Å². The summed E-state index contributed by atoms with van der Waals surface area (Å²) >= 11 is 0. The van der Waals surface area contributed by atoms with E-state index < -0.39 is 6.10 Å². The van der Waals surface area contributed by atoms with Crippen molar-refractivity contribution in [1.29, 1.82) is 0 Å². The van der Waals surface area contributed by atoms with Crippen LogP contribution in [0.3, 0.4) is 0 Å². The van der Waals surface area contributed by atoms with Crippen LogP contribution in [0.1, 0.15) is 387 Å². The third kappa shape index (κ3) is 62.7. The molecule has 0 aliphatic carbocycles. The maximum Gasteiger partial charge on any atom is 0.306 e. The van der Waals surface area contributed by atoms with E-state index in [2.05, 4.69) is 45.1 Å². The number of unbranched alkanes of at least 4 members (excludes halogenated alkanes) is 49. The summed E-state index contributed by atoms with van der Waals surface area (Å²) in [4.78, 5) is 38.4. The van der Waals surface area contributed by atoms with Crippen LogP contribution in [-0.2, 0) is 28.6 Å². The molecule has 0 rings (SSSR count). The Morgan fingerprint density at radius 2 is 0.434 bits per heavy atom. The Hall–Kier alpha value is -2.11. The van der Waals surface area contributed by atoms with Gasteiger partial charge in [-0.3, -0.25) is 14.4 Å². The topological polar surface area (TPSA) is 78.9 Å². The monoisotopic (exact) mass is 1070 g/mol. The zero-order chi connectivity index (χ0) is 55.0. The van der Waals surface area contributed by atoms with Crippen molar-refractivity contribution in [2.24, 2.45) is 0 Å². The predicted molar refractivity (Wildman–Crippen MR) is 330 cm³/mol. The van der Waals surface area contributed by atoms with Gasteiger partial charge in [0.05, 0.1) is 0 Å². The van der Waals surface area contributed by atoms with Crippen molar-refractivity contribution in [3.8, 4) is 0 Å². The fraction of sp³-hybridized carbons (Fsp3) is 0.900. The van der Waals surface area contributed by atoms with Crippen LogP contribution >= 0.6 is 0 Å². The Kier molecular flexibility index (Phi) is 63.6. The number of rotatable bonds is 64. The highest BCUT2D eigenvalue weighted by Crippen LogP contribution is 2.18. The van der Waals surface area contributed by atoms with E-state index in [1.807, 2.05) is 0 Å². The van der Waals surface area contributed by atoms with Crippen LogP contribution in [-0.4, -0.2) is 37.2 Å². The normalized spacial score (nSPS) is 12.1. The fourth-order valence-corrected chi connectivity index (χ4v) is 10.5. The summed E-state index contributed by atoms with van der Waals surface area (Å²) in [6.45, 7) is 6.70. The predicted octanol–water partition coefficient (Wildman–Crippen LogP) is 23.4. The molecule has 0 aromatic heterocycles. The minimum atomic E-state index is -0.777. The molecule has 0 fully saturated rings. The van der Waals surface area contributed by atoms with Gasteiger partial charge in [0.25, 0.3) is 0 Å². The lowest BCUT2D eigenvalue weighted by atomic mass is 10.0. The molecule has 76 heavy (non-hydrogen) atoms. The second-order valence-electron chi connectivity index (χ2n) is 23.4. The van der Waals surface area contributed by atoms with E-state index >= 15 is 0 Å². The molecule has 0 aliphatic rings. The fourth-order valence-electron chi connectivity index (χ4n) is 10.5. The Morgan fingerprint density at radius 1 is 0.250 bits per heavy atom. The number of ether oxygens (including phenoxy) is 3. The zero-order valence-corrected chi connectivity index (χ0v) is 51.6. The average Bonchev–Trinajstić information content (AvgIpc) is 3.42. The second-order valence-corrected chi connectivity index (χ2v) is 23.4. The van der Waals surface area contributed by atoms with Crippen LogP contribution in [0.25, 0.3) is 0 Å². The van der Waals surface area contributed by atoms with Gasteiger partial charge in [-0.05, 0) is 70.6 Å². The molecule has 0 radical (unpaired) electrons. The van der Waals surface area contributed by atoms with E-state index in [0.29, 0.717) is 19.3 Å². The summed E-state index contributed by atoms with van der Waals surface area (Å²) in [6, 6.07) is 0. The molecule has 0 saturated carbocycles. The van der Waals surface area contributed by atoms with E-state index in [4.69, 9.17) is 14.2 Å². The van der Waals surface area contributed by atoms with E-state index in [1.165, 1.54) is 276 Å². The number of hydrogen-bond acceptors (Lipinski definition) is 6. The molecule has 0 heterocycles. The van der Waals surface area contributed by atoms with Gasteiger partial charge in [-0.1, -0.05) is 321 Å². The summed E-state index contributed by atoms with van der Waals surface area (Å²) < 4.78 is 17.0. The Labute approximate surface area is 474 Å². The summed E-state index contributed by atoms with van der Waals surface area (Å²) in [6.07, 6.45) is 79.2. The lowest BCUT2D eigenvalue weighted by Gasteiger charge is -2.18. The summed E-state index contributed by atoms with van der Waals surface area (Å²) in [5.41, 5.74) is 0. The minimum Gasteiger partial charge on any atom is -0.462 e. The molecule has 0 aromatic rings. The van der Waals surface area contributed by atoms with Crippen molar-refractivity contribution in [2.75, 3.05) is 13.2 Å². The number of carbonyl (C=O) groups is 3. The first kappa shape index (κ1) is 73.9. The van der Waals surface area contributed by atoms with Gasteiger partial charge in [-0.25, -0.2) is 0 Å². The van der Waals surface area contributed by atoms with Crippen molar-refractivity contribution in [3.05, 3.63) is 24.3 Å². The van der Waals surface area contributed by atoms with Crippen LogP contribution < -0.4 is 0 Å². The van der Waals surface area contributed by atoms with E-state index in [-0.39, 0.29) is 31.1 Å². The van der Waals surface area contributed by atoms with Gasteiger partial charge in [0, 0.05) is 19.3 Å². The molecule has 0 aliphatic heterocycles. The van der Waals surface area contributed by atoms with Crippen molar-refractivity contribution in [2.45, 2.75) is 393 Å². The molecule has 6 nitrogen and oxygen atoms in total. The van der Waals surface area contributed by atoms with Crippen LogP contribution in [0.2, 0.25) is 0 Å². The molecule has 1 atom stereocenters. The van der Waals surface area contributed by atoms with Crippen molar-refractivity contribution >= 4 is 17.9 Å². The summed E-state index contributed by atoms with van der Waals surface area (Å²) in [7, 11) is 0. The highest BCUT2D eigenvalue weighted by atomic mass is 16.6. The van der Waals surface area contributed by atoms with Gasteiger partial charge in [-0.15, -0.1) is 0 Å². The largest absolute Gasteiger partial charge is 0.462 e. The third-order valence-corrected chi connectivity index (χ3v) is 15.7. The summed E-state index contributed by atoms with van der Waals surface area (Å²) in [5, 5.41) is 0. The smallest absolute Gasteiger partial charge is 0.306 e. The molecule has 0 bridgehead atoms. The molecule has 0 saturated heterocycles. The number of allylic oxidation sites excluding steroid dienone is 4. The molecular formula is C70H132O6. The molecule has 0 N–H and O–H groups in total. The highest BCUT2D eigenvalue weighted by molar-refractivity contribution is 5.71. The SMILES string of the molecule is CCCCCCCCC/C=C\CCCCCCCC(=O)OCC(COC(=O)CCCCCCCCCCCCCCCCCCCCCCCCCCCC)OC(=O)CCCCCCC/C=C\CCCCCCCCC. The first-order chi connectivity index (χ1) is 37.5. The van der Waals surface area contributed by atoms with Gasteiger partial charge in [0.1, 0.15) is 13.2 Å². The van der Waals surface area contributed by atoms with Crippen molar-refractivity contribution in [3.63, 3.8) is 0 Å². The maximum absolute atomic E-state index is 12.9. The van der Waals surface area contributed by atoms with E-state index in [9.17, 15) is 14.4 Å². The molecular weight excluding hydrogens is 937 g/mol. The summed E-state index contributed by atoms with van der Waals surface area (Å²) in [5.74, 6) is -0.861. The van der Waals surface area contributed by atoms with Gasteiger partial charge in [0.2, 0.25) is 0 Å². The lowest BCUT2D eigenvalue weighted by Crippen LogP contribution is -2.30. The van der Waals surface area contributed by atoms with Crippen molar-refractivity contribution < 1.29 is 28.6 Å². The van der Waals surface area contributed by atoms with Gasteiger partial charge >= 0.3 is 17.9 Å². The standard InChI is InChI=1S/C70H132O6/c1-4-7-10-13-16-19-22-25-28-31-32-33-34-35-36-37-38-39-40-43-45-48-51-54-57-60-63-69(72)75-66-67(76-70(73)64-61-58-55-52-49-46-42-30-27-24-21-18-15-12-9-6-3)65-74-68(71)62-59-56-53-50-47-44-41-29-26-23-20-17-14-11-8-5-2/h29-30,41-42,67H,4-28,31-40,43-66H2,1-3H3/b41-29-,42-30-. The average molecular weight is 1070 g/mol. The lowest BCUT2D eigenvalue weighted by molar-refractivity contribution is -0.167. The molecule has 1 unspecified atom stereocenters. The molecule has 448 valence electrons. The van der Waals surface area contributed by atoms with Crippen molar-refractivity contribution in [1.82, 2.24) is 0 Å². The molecule has 0 amide bonds. The number of esters is 3. The second kappa shape index (κ2) is 65.4. The zero-order valence-electron chi connectivity index (χ0n) is 51.6. The quantitative estimate of drug-likeness (QED) is 0.0261. The van der Waals surface area contributed by atoms with Crippen LogP contribution in [0, 0.1) is 0 Å². The van der Waals surface area contributed by atoms with E-state index in [0.717, 1.165) is 70.6 Å². The number of hydrogen-bond donors (Lipinski definition) is 0. The highest BCUT2D eigenvalue weighted by Gasteiger charge is 2.19. The third-order valence-electron chi connectivity index (χ3n) is 15.7. The Balaban J connectivity index is 4.24. The Morgan fingerprint density at radius 3 is 0.658 bits per heavy atom. The van der Waals surface area contributed by atoms with Gasteiger partial charge in [0.15, 0.2) is 6.10 Å². The van der Waals surface area contributed by atoms with Gasteiger partial charge in [-0.2, -0.15) is 0 Å². The van der Waals surface area contributed by atoms with Crippen LogP contribution in [0.15, 0.2) is 24.3 Å². The van der Waals surface area contributed by atoms with Crippen LogP contribution in [0.5, 0.6) is 0 Å². The molecule has 0 spiro atoms. The molecule has 0 aromatic carbocycles. The maximum atomic E-state index is 12.9. The van der Waals surface area contributed by atoms with Gasteiger partial charge < -0.3 is 14.2 Å². The van der Waals surface area contributed by atoms with Crippen LogP contribution in [0.4, 0.5) is 0 Å². The Bertz CT molecular complexity index is 1230. The molecule has 6 heteroatoms.